The Balaban J connectivity index is 1.90. The van der Waals surface area contributed by atoms with Gasteiger partial charge in [-0.25, -0.2) is 0 Å². The number of methoxy groups -OCH3 is 2. The third-order valence-corrected chi connectivity index (χ3v) is 4.21. The first-order valence-electron chi connectivity index (χ1n) is 7.83. The summed E-state index contributed by atoms with van der Waals surface area (Å²) < 4.78 is 10.7. The van der Waals surface area contributed by atoms with E-state index >= 15 is 0 Å². The Hall–Kier alpha value is -2.21. The molecular formula is C19H21NO2. The molecule has 1 heterocycles. The Kier molecular flexibility index (Phi) is 4.48. The van der Waals surface area contributed by atoms with E-state index in [9.17, 15) is 0 Å². The SMILES string of the molecule is COc1cc2cc(C#CC3CCCCC3)cnc2cc1OC. The molecule has 0 saturated heterocycles. The predicted molar refractivity (Wildman–Crippen MR) is 88.3 cm³/mol. The summed E-state index contributed by atoms with van der Waals surface area (Å²) in [5.74, 6) is 8.66. The summed E-state index contributed by atoms with van der Waals surface area (Å²) >= 11 is 0. The highest BCUT2D eigenvalue weighted by atomic mass is 16.5. The second-order valence-electron chi connectivity index (χ2n) is 5.73. The lowest BCUT2D eigenvalue weighted by Gasteiger charge is -2.15. The maximum absolute atomic E-state index is 5.35. The van der Waals surface area contributed by atoms with Crippen LogP contribution >= 0.6 is 0 Å². The minimum absolute atomic E-state index is 0.551. The van der Waals surface area contributed by atoms with E-state index in [2.05, 4.69) is 22.9 Å². The van der Waals surface area contributed by atoms with Gasteiger partial charge in [-0.15, -0.1) is 0 Å². The molecule has 0 unspecified atom stereocenters. The summed E-state index contributed by atoms with van der Waals surface area (Å²) in [7, 11) is 3.28. The lowest BCUT2D eigenvalue weighted by Crippen LogP contribution is -2.03. The predicted octanol–water partition coefficient (Wildman–Crippen LogP) is 4.18. The molecule has 1 aliphatic carbocycles. The van der Waals surface area contributed by atoms with Crippen LogP contribution in [0.5, 0.6) is 11.5 Å². The summed E-state index contributed by atoms with van der Waals surface area (Å²) in [6, 6.07) is 5.92. The number of fused-ring (bicyclic) bond motifs is 1. The molecule has 3 heteroatoms. The van der Waals surface area contributed by atoms with Crippen LogP contribution in [-0.4, -0.2) is 19.2 Å². The van der Waals surface area contributed by atoms with Crippen LogP contribution in [0.2, 0.25) is 0 Å². The van der Waals surface area contributed by atoms with Crippen molar-refractivity contribution in [3.63, 3.8) is 0 Å². The Labute approximate surface area is 131 Å². The first-order chi connectivity index (χ1) is 10.8. The number of hydrogen-bond donors (Lipinski definition) is 0. The average Bonchev–Trinajstić information content (AvgIpc) is 2.59. The second kappa shape index (κ2) is 6.70. The van der Waals surface area contributed by atoms with E-state index in [1.165, 1.54) is 32.1 Å². The van der Waals surface area contributed by atoms with Crippen molar-refractivity contribution in [2.24, 2.45) is 5.92 Å². The van der Waals surface area contributed by atoms with E-state index in [1.807, 2.05) is 18.3 Å². The lowest BCUT2D eigenvalue weighted by atomic mass is 9.90. The van der Waals surface area contributed by atoms with E-state index in [0.717, 1.165) is 16.5 Å². The Morgan fingerprint density at radius 3 is 2.45 bits per heavy atom. The standard InChI is InChI=1S/C19H21NO2/c1-21-18-11-16-10-15(9-8-14-6-4-3-5-7-14)13-20-17(16)12-19(18)22-2/h10-14H,3-7H2,1-2H3. The number of pyridine rings is 1. The van der Waals surface area contributed by atoms with Gasteiger partial charge in [0.05, 0.1) is 19.7 Å². The number of hydrogen-bond acceptors (Lipinski definition) is 3. The third kappa shape index (κ3) is 3.17. The van der Waals surface area contributed by atoms with Crippen LogP contribution < -0.4 is 9.47 Å². The quantitative estimate of drug-likeness (QED) is 0.779. The van der Waals surface area contributed by atoms with E-state index in [0.29, 0.717) is 17.4 Å². The van der Waals surface area contributed by atoms with Gasteiger partial charge >= 0.3 is 0 Å². The Morgan fingerprint density at radius 1 is 1.00 bits per heavy atom. The van der Waals surface area contributed by atoms with Crippen molar-refractivity contribution in [2.45, 2.75) is 32.1 Å². The van der Waals surface area contributed by atoms with Crippen LogP contribution in [0, 0.1) is 17.8 Å². The van der Waals surface area contributed by atoms with Gasteiger partial charge in [0.15, 0.2) is 11.5 Å². The van der Waals surface area contributed by atoms with Gasteiger partial charge in [-0.2, -0.15) is 0 Å². The summed E-state index contributed by atoms with van der Waals surface area (Å²) in [6.07, 6.45) is 8.29. The molecule has 0 bridgehead atoms. The number of nitrogens with zero attached hydrogens (tertiary/aromatic N) is 1. The first kappa shape index (κ1) is 14.7. The molecule has 1 saturated carbocycles. The molecule has 3 nitrogen and oxygen atoms in total. The molecule has 0 radical (unpaired) electrons. The van der Waals surface area contributed by atoms with E-state index in [-0.39, 0.29) is 0 Å². The number of benzene rings is 1. The highest BCUT2D eigenvalue weighted by Gasteiger charge is 2.10. The van der Waals surface area contributed by atoms with Gasteiger partial charge in [0.1, 0.15) is 0 Å². The fourth-order valence-corrected chi connectivity index (χ4v) is 2.96. The van der Waals surface area contributed by atoms with Crippen LogP contribution in [0.15, 0.2) is 24.4 Å². The van der Waals surface area contributed by atoms with Gasteiger partial charge in [0.2, 0.25) is 0 Å². The average molecular weight is 295 g/mol. The van der Waals surface area contributed by atoms with Crippen LogP contribution in [-0.2, 0) is 0 Å². The maximum Gasteiger partial charge on any atom is 0.162 e. The summed E-state index contributed by atoms with van der Waals surface area (Å²) in [5.41, 5.74) is 1.85. The van der Waals surface area contributed by atoms with Crippen molar-refractivity contribution < 1.29 is 9.47 Å². The number of rotatable bonds is 2. The zero-order valence-electron chi connectivity index (χ0n) is 13.2. The summed E-state index contributed by atoms with van der Waals surface area (Å²) in [6.45, 7) is 0. The highest BCUT2D eigenvalue weighted by Crippen LogP contribution is 2.31. The van der Waals surface area contributed by atoms with Gasteiger partial charge in [-0.05, 0) is 25.0 Å². The topological polar surface area (TPSA) is 31.4 Å². The summed E-state index contributed by atoms with van der Waals surface area (Å²) in [4.78, 5) is 4.49. The zero-order valence-corrected chi connectivity index (χ0v) is 13.2. The van der Waals surface area contributed by atoms with Crippen LogP contribution in [0.1, 0.15) is 37.7 Å². The fraction of sp³-hybridized carbons (Fsp3) is 0.421. The Morgan fingerprint density at radius 2 is 1.73 bits per heavy atom. The molecule has 0 spiro atoms. The van der Waals surface area contributed by atoms with Gasteiger partial charge in [0.25, 0.3) is 0 Å². The minimum atomic E-state index is 0.551. The largest absolute Gasteiger partial charge is 0.493 e. The molecule has 0 aliphatic heterocycles. The van der Waals surface area contributed by atoms with E-state index < -0.39 is 0 Å². The molecule has 1 aromatic carbocycles. The van der Waals surface area contributed by atoms with Crippen LogP contribution in [0.3, 0.4) is 0 Å². The third-order valence-electron chi connectivity index (χ3n) is 4.21. The normalized spacial score (nSPS) is 15.2. The van der Waals surface area contributed by atoms with Gasteiger partial charge in [0, 0.05) is 29.1 Å². The zero-order chi connectivity index (χ0) is 15.4. The number of aromatic nitrogens is 1. The van der Waals surface area contributed by atoms with Crippen molar-refractivity contribution in [1.29, 1.82) is 0 Å². The highest BCUT2D eigenvalue weighted by molar-refractivity contribution is 5.83. The van der Waals surface area contributed by atoms with Crippen LogP contribution in [0.25, 0.3) is 10.9 Å². The lowest BCUT2D eigenvalue weighted by molar-refractivity contribution is 0.356. The van der Waals surface area contributed by atoms with E-state index in [4.69, 9.17) is 9.47 Å². The molecule has 0 amide bonds. The van der Waals surface area contributed by atoms with Crippen LogP contribution in [0.4, 0.5) is 0 Å². The van der Waals surface area contributed by atoms with Crippen molar-refractivity contribution >= 4 is 10.9 Å². The molecular weight excluding hydrogens is 274 g/mol. The molecule has 3 rings (SSSR count). The molecule has 1 fully saturated rings. The molecule has 22 heavy (non-hydrogen) atoms. The van der Waals surface area contributed by atoms with Crippen molar-refractivity contribution in [3.8, 4) is 23.3 Å². The molecule has 2 aromatic rings. The molecule has 114 valence electrons. The molecule has 1 aromatic heterocycles. The molecule has 0 atom stereocenters. The van der Waals surface area contributed by atoms with Crippen molar-refractivity contribution in [2.75, 3.05) is 14.2 Å². The molecule has 0 N–H and O–H groups in total. The second-order valence-corrected chi connectivity index (χ2v) is 5.73. The van der Waals surface area contributed by atoms with E-state index in [1.54, 1.807) is 14.2 Å². The Bertz CT molecular complexity index is 721. The minimum Gasteiger partial charge on any atom is -0.493 e. The smallest absolute Gasteiger partial charge is 0.162 e. The van der Waals surface area contributed by atoms with Gasteiger partial charge in [-0.1, -0.05) is 31.1 Å². The fourth-order valence-electron chi connectivity index (χ4n) is 2.96. The number of ether oxygens (including phenoxy) is 2. The van der Waals surface area contributed by atoms with Crippen molar-refractivity contribution in [1.82, 2.24) is 4.98 Å². The molecule has 1 aliphatic rings. The maximum atomic E-state index is 5.35. The monoisotopic (exact) mass is 295 g/mol. The first-order valence-corrected chi connectivity index (χ1v) is 7.83. The summed E-state index contributed by atoms with van der Waals surface area (Å²) in [5, 5.41) is 1.02. The van der Waals surface area contributed by atoms with Crippen molar-refractivity contribution in [3.05, 3.63) is 30.0 Å². The van der Waals surface area contributed by atoms with Gasteiger partial charge < -0.3 is 9.47 Å². The van der Waals surface area contributed by atoms with Gasteiger partial charge in [-0.3, -0.25) is 4.98 Å².